The van der Waals surface area contributed by atoms with Crippen LogP contribution in [-0.2, 0) is 4.79 Å². The minimum absolute atomic E-state index is 0. The second kappa shape index (κ2) is 7.13. The minimum Gasteiger partial charge on any atom is -0.344 e. The number of rotatable bonds is 5. The highest BCUT2D eigenvalue weighted by atomic mass is 35.5. The van der Waals surface area contributed by atoms with E-state index >= 15 is 0 Å². The van der Waals surface area contributed by atoms with E-state index in [1.165, 1.54) is 19.3 Å². The van der Waals surface area contributed by atoms with E-state index in [-0.39, 0.29) is 30.3 Å². The number of likely N-dealkylation sites (N-methyl/N-ethyl adjacent to an activating group) is 1. The maximum Gasteiger partial charge on any atom is 0.239 e. The number of carbonyl (C=O) groups excluding carboxylic acids is 1. The van der Waals surface area contributed by atoms with Crippen LogP contribution in [0.5, 0.6) is 0 Å². The van der Waals surface area contributed by atoms with Gasteiger partial charge in [-0.1, -0.05) is 26.7 Å². The van der Waals surface area contributed by atoms with Gasteiger partial charge in [-0.25, -0.2) is 0 Å². The summed E-state index contributed by atoms with van der Waals surface area (Å²) in [5.74, 6) is 1.11. The highest BCUT2D eigenvalue weighted by Gasteiger charge is 2.26. The third kappa shape index (κ3) is 3.95. The average molecular weight is 249 g/mol. The Kier molecular flexibility index (Phi) is 7.00. The topological polar surface area (TPSA) is 46.3 Å². The summed E-state index contributed by atoms with van der Waals surface area (Å²) < 4.78 is 0. The third-order valence-corrected chi connectivity index (χ3v) is 3.68. The first-order chi connectivity index (χ1) is 7.06. The zero-order valence-electron chi connectivity index (χ0n) is 10.6. The van der Waals surface area contributed by atoms with Crippen molar-refractivity contribution in [2.45, 2.75) is 45.6 Å². The number of carbonyl (C=O) groups is 1. The summed E-state index contributed by atoms with van der Waals surface area (Å²) in [6, 6.07) is -0.319. The molecule has 96 valence electrons. The van der Waals surface area contributed by atoms with Crippen LogP contribution in [0.1, 0.15) is 39.5 Å². The van der Waals surface area contributed by atoms with Gasteiger partial charge in [0.25, 0.3) is 0 Å². The monoisotopic (exact) mass is 248 g/mol. The van der Waals surface area contributed by atoms with Gasteiger partial charge in [0.2, 0.25) is 5.91 Å². The Labute approximate surface area is 105 Å². The summed E-state index contributed by atoms with van der Waals surface area (Å²) in [5, 5.41) is 0. The lowest BCUT2D eigenvalue weighted by molar-refractivity contribution is -0.133. The molecule has 1 aliphatic rings. The zero-order chi connectivity index (χ0) is 11.4. The van der Waals surface area contributed by atoms with Crippen LogP contribution >= 0.6 is 12.4 Å². The normalized spacial score (nSPS) is 19.2. The van der Waals surface area contributed by atoms with E-state index in [0.717, 1.165) is 18.9 Å². The van der Waals surface area contributed by atoms with Crippen molar-refractivity contribution in [2.75, 3.05) is 13.6 Å². The molecule has 1 amide bonds. The molecule has 0 aliphatic heterocycles. The molecule has 0 aromatic carbocycles. The number of hydrogen-bond donors (Lipinski definition) is 1. The maximum atomic E-state index is 11.9. The second-order valence-corrected chi connectivity index (χ2v) is 4.93. The maximum absolute atomic E-state index is 11.9. The number of nitrogens with zero attached hydrogens (tertiary/aromatic N) is 1. The molecule has 16 heavy (non-hydrogen) atoms. The van der Waals surface area contributed by atoms with Crippen molar-refractivity contribution in [1.82, 2.24) is 4.90 Å². The van der Waals surface area contributed by atoms with Gasteiger partial charge >= 0.3 is 0 Å². The lowest BCUT2D eigenvalue weighted by Crippen LogP contribution is -2.47. The average Bonchev–Trinajstić information content (AvgIpc) is 2.19. The van der Waals surface area contributed by atoms with Crippen molar-refractivity contribution in [3.8, 4) is 0 Å². The van der Waals surface area contributed by atoms with Crippen LogP contribution in [0.15, 0.2) is 0 Å². The number of amides is 1. The quantitative estimate of drug-likeness (QED) is 0.810. The Morgan fingerprint density at radius 3 is 2.44 bits per heavy atom. The van der Waals surface area contributed by atoms with E-state index in [2.05, 4.69) is 6.92 Å². The molecule has 1 aliphatic carbocycles. The second-order valence-electron chi connectivity index (χ2n) is 4.93. The van der Waals surface area contributed by atoms with Crippen LogP contribution in [0.25, 0.3) is 0 Å². The lowest BCUT2D eigenvalue weighted by Gasteiger charge is -2.32. The highest BCUT2D eigenvalue weighted by Crippen LogP contribution is 2.27. The minimum atomic E-state index is -0.319. The largest absolute Gasteiger partial charge is 0.344 e. The van der Waals surface area contributed by atoms with Crippen molar-refractivity contribution in [3.63, 3.8) is 0 Å². The Hall–Kier alpha value is -0.280. The van der Waals surface area contributed by atoms with Crippen LogP contribution in [-0.4, -0.2) is 30.4 Å². The van der Waals surface area contributed by atoms with Gasteiger partial charge in [0, 0.05) is 13.6 Å². The number of hydrogen-bond acceptors (Lipinski definition) is 2. The SMILES string of the molecule is CCC(C)C(N)C(=O)N(C)CC1CCC1.Cl. The fraction of sp³-hybridized carbons (Fsp3) is 0.917. The fourth-order valence-corrected chi connectivity index (χ4v) is 1.90. The summed E-state index contributed by atoms with van der Waals surface area (Å²) in [5.41, 5.74) is 5.92. The molecule has 4 heteroatoms. The molecule has 0 bridgehead atoms. The van der Waals surface area contributed by atoms with Crippen molar-refractivity contribution in [3.05, 3.63) is 0 Å². The summed E-state index contributed by atoms with van der Waals surface area (Å²) in [7, 11) is 1.88. The molecular formula is C12H25ClN2O. The van der Waals surface area contributed by atoms with Gasteiger partial charge in [-0.3, -0.25) is 4.79 Å². The predicted octanol–water partition coefficient (Wildman–Crippen LogP) is 2.04. The molecule has 0 spiro atoms. The van der Waals surface area contributed by atoms with Gasteiger partial charge in [-0.05, 0) is 24.7 Å². The van der Waals surface area contributed by atoms with Crippen LogP contribution in [0.4, 0.5) is 0 Å². The summed E-state index contributed by atoms with van der Waals surface area (Å²) in [6.45, 7) is 5.01. The number of nitrogens with two attached hydrogens (primary N) is 1. The van der Waals surface area contributed by atoms with Crippen LogP contribution in [0.3, 0.4) is 0 Å². The van der Waals surface area contributed by atoms with Crippen molar-refractivity contribution in [2.24, 2.45) is 17.6 Å². The standard InChI is InChI=1S/C12H24N2O.ClH/c1-4-9(2)11(13)12(15)14(3)8-10-6-5-7-10;/h9-11H,4-8,13H2,1-3H3;1H. The molecule has 2 atom stereocenters. The lowest BCUT2D eigenvalue weighted by atomic mass is 9.85. The van der Waals surface area contributed by atoms with Crippen LogP contribution < -0.4 is 5.73 Å². The van der Waals surface area contributed by atoms with Crippen molar-refractivity contribution >= 4 is 18.3 Å². The van der Waals surface area contributed by atoms with E-state index < -0.39 is 0 Å². The van der Waals surface area contributed by atoms with E-state index in [1.807, 2.05) is 18.9 Å². The first-order valence-electron chi connectivity index (χ1n) is 6.06. The van der Waals surface area contributed by atoms with Crippen molar-refractivity contribution < 1.29 is 4.79 Å². The Morgan fingerprint density at radius 1 is 1.50 bits per heavy atom. The van der Waals surface area contributed by atoms with Gasteiger partial charge in [0.05, 0.1) is 6.04 Å². The van der Waals surface area contributed by atoms with Gasteiger partial charge in [0.1, 0.15) is 0 Å². The first kappa shape index (κ1) is 15.7. The number of halogens is 1. The molecule has 0 aromatic rings. The molecule has 1 fully saturated rings. The van der Waals surface area contributed by atoms with E-state index in [4.69, 9.17) is 5.73 Å². The van der Waals surface area contributed by atoms with Gasteiger partial charge < -0.3 is 10.6 Å². The van der Waals surface area contributed by atoms with Gasteiger partial charge in [0.15, 0.2) is 0 Å². The Morgan fingerprint density at radius 2 is 2.06 bits per heavy atom. The molecule has 0 aromatic heterocycles. The van der Waals surface area contributed by atoms with E-state index in [0.29, 0.717) is 0 Å². The smallest absolute Gasteiger partial charge is 0.239 e. The van der Waals surface area contributed by atoms with Crippen LogP contribution in [0.2, 0.25) is 0 Å². The molecule has 1 rings (SSSR count). The van der Waals surface area contributed by atoms with Crippen molar-refractivity contribution in [1.29, 1.82) is 0 Å². The molecule has 2 unspecified atom stereocenters. The predicted molar refractivity (Wildman–Crippen MR) is 69.7 cm³/mol. The zero-order valence-corrected chi connectivity index (χ0v) is 11.4. The summed E-state index contributed by atoms with van der Waals surface area (Å²) in [6.07, 6.45) is 4.83. The summed E-state index contributed by atoms with van der Waals surface area (Å²) >= 11 is 0. The van der Waals surface area contributed by atoms with E-state index in [9.17, 15) is 4.79 Å². The molecule has 2 N–H and O–H groups in total. The Balaban J connectivity index is 0.00000225. The molecule has 0 saturated heterocycles. The fourth-order valence-electron chi connectivity index (χ4n) is 1.90. The molecule has 3 nitrogen and oxygen atoms in total. The van der Waals surface area contributed by atoms with Gasteiger partial charge in [-0.15, -0.1) is 12.4 Å². The molecule has 0 radical (unpaired) electrons. The molecular weight excluding hydrogens is 224 g/mol. The summed E-state index contributed by atoms with van der Waals surface area (Å²) in [4.78, 5) is 13.7. The first-order valence-corrected chi connectivity index (χ1v) is 6.06. The van der Waals surface area contributed by atoms with Crippen LogP contribution in [0, 0.1) is 11.8 Å². The molecule has 0 heterocycles. The van der Waals surface area contributed by atoms with Gasteiger partial charge in [-0.2, -0.15) is 0 Å². The molecule has 1 saturated carbocycles. The third-order valence-electron chi connectivity index (χ3n) is 3.68. The Bertz CT molecular complexity index is 219. The highest BCUT2D eigenvalue weighted by molar-refractivity contribution is 5.85. The van der Waals surface area contributed by atoms with E-state index in [1.54, 1.807) is 0 Å².